The first-order valence-corrected chi connectivity index (χ1v) is 9.24. The minimum absolute atomic E-state index is 0.194. The van der Waals surface area contributed by atoms with Gasteiger partial charge in [-0.05, 0) is 60.9 Å². The van der Waals surface area contributed by atoms with Crippen molar-refractivity contribution in [1.82, 2.24) is 0 Å². The zero-order valence-corrected chi connectivity index (χ0v) is 15.6. The Hall–Kier alpha value is -2.95. The molecule has 0 amide bonds. The van der Waals surface area contributed by atoms with E-state index in [9.17, 15) is 9.18 Å². The van der Waals surface area contributed by atoms with E-state index < -0.39 is 5.97 Å². The molecule has 2 aromatic rings. The summed E-state index contributed by atoms with van der Waals surface area (Å²) >= 11 is 0. The van der Waals surface area contributed by atoms with Gasteiger partial charge >= 0.3 is 5.97 Å². The number of hydrogen-bond donors (Lipinski definition) is 0. The average Bonchev–Trinajstić information content (AvgIpc) is 3.03. The van der Waals surface area contributed by atoms with Crippen LogP contribution in [0.1, 0.15) is 37.8 Å². The number of benzene rings is 2. The van der Waals surface area contributed by atoms with Crippen LogP contribution in [0, 0.1) is 5.82 Å². The largest absolute Gasteiger partial charge is 0.402 e. The van der Waals surface area contributed by atoms with Gasteiger partial charge in [0, 0.05) is 24.3 Å². The molecular formula is C22H23FN2O2. The molecule has 1 heterocycles. The van der Waals surface area contributed by atoms with Gasteiger partial charge < -0.3 is 9.64 Å². The highest BCUT2D eigenvalue weighted by Crippen LogP contribution is 2.21. The molecule has 5 heteroatoms. The van der Waals surface area contributed by atoms with E-state index in [4.69, 9.17) is 4.74 Å². The number of esters is 1. The zero-order valence-electron chi connectivity index (χ0n) is 15.6. The Kier molecular flexibility index (Phi) is 6.01. The van der Waals surface area contributed by atoms with Gasteiger partial charge in [0.2, 0.25) is 5.90 Å². The molecule has 0 unspecified atom stereocenters. The zero-order chi connectivity index (χ0) is 19.2. The SMILES string of the molecule is CCCN(CCC)c1ccc(/C=C2\N=C(c3ccc(F)cc3)OC2=O)cc1. The van der Waals surface area contributed by atoms with Crippen LogP contribution in [0.15, 0.2) is 59.2 Å². The molecule has 0 spiro atoms. The third-order valence-corrected chi connectivity index (χ3v) is 4.26. The van der Waals surface area contributed by atoms with Gasteiger partial charge in [-0.3, -0.25) is 0 Å². The Morgan fingerprint density at radius 2 is 1.63 bits per heavy atom. The summed E-state index contributed by atoms with van der Waals surface area (Å²) in [5.41, 5.74) is 2.85. The second kappa shape index (κ2) is 8.62. The number of carbonyl (C=O) groups excluding carboxylic acids is 1. The molecule has 0 N–H and O–H groups in total. The minimum atomic E-state index is -0.503. The molecule has 0 aliphatic carbocycles. The van der Waals surface area contributed by atoms with Crippen LogP contribution in [-0.2, 0) is 9.53 Å². The van der Waals surface area contributed by atoms with Gasteiger partial charge in [-0.25, -0.2) is 14.2 Å². The first kappa shape index (κ1) is 18.8. The summed E-state index contributed by atoms with van der Waals surface area (Å²) in [4.78, 5) is 18.7. The normalized spacial score (nSPS) is 15.0. The molecule has 0 atom stereocenters. The summed E-state index contributed by atoms with van der Waals surface area (Å²) < 4.78 is 18.2. The molecule has 27 heavy (non-hydrogen) atoms. The van der Waals surface area contributed by atoms with Crippen LogP contribution < -0.4 is 4.90 Å². The van der Waals surface area contributed by atoms with Gasteiger partial charge in [-0.15, -0.1) is 0 Å². The van der Waals surface area contributed by atoms with Gasteiger partial charge in [-0.2, -0.15) is 0 Å². The van der Waals surface area contributed by atoms with Crippen molar-refractivity contribution in [2.24, 2.45) is 4.99 Å². The maximum Gasteiger partial charge on any atom is 0.363 e. The number of hydrogen-bond acceptors (Lipinski definition) is 4. The lowest BCUT2D eigenvalue weighted by Gasteiger charge is -2.23. The number of carbonyl (C=O) groups is 1. The summed E-state index contributed by atoms with van der Waals surface area (Å²) in [6.07, 6.45) is 3.89. The van der Waals surface area contributed by atoms with E-state index in [1.165, 1.54) is 30.0 Å². The van der Waals surface area contributed by atoms with Crippen molar-refractivity contribution < 1.29 is 13.9 Å². The fourth-order valence-corrected chi connectivity index (χ4v) is 2.97. The summed E-state index contributed by atoms with van der Waals surface area (Å²) in [6, 6.07) is 13.8. The van der Waals surface area contributed by atoms with E-state index in [1.54, 1.807) is 6.08 Å². The number of halogens is 1. The van der Waals surface area contributed by atoms with Crippen LogP contribution in [0.3, 0.4) is 0 Å². The standard InChI is InChI=1S/C22H23FN2O2/c1-3-13-25(14-4-2)19-11-5-16(6-12-19)15-20-22(26)27-21(24-20)17-7-9-18(23)10-8-17/h5-12,15H,3-4,13-14H2,1-2H3/b20-15-. The quantitative estimate of drug-likeness (QED) is 0.522. The third-order valence-electron chi connectivity index (χ3n) is 4.26. The van der Waals surface area contributed by atoms with Crippen molar-refractivity contribution in [3.63, 3.8) is 0 Å². The summed E-state index contributed by atoms with van der Waals surface area (Å²) in [6.45, 7) is 6.38. The van der Waals surface area contributed by atoms with Crippen molar-refractivity contribution in [3.8, 4) is 0 Å². The molecule has 3 rings (SSSR count). The third kappa shape index (κ3) is 4.61. The number of cyclic esters (lactones) is 1. The van der Waals surface area contributed by atoms with Crippen LogP contribution in [-0.4, -0.2) is 25.0 Å². The highest BCUT2D eigenvalue weighted by molar-refractivity contribution is 6.12. The fraction of sp³-hybridized carbons (Fsp3) is 0.273. The summed E-state index contributed by atoms with van der Waals surface area (Å²) in [5, 5.41) is 0. The maximum atomic E-state index is 13.0. The second-order valence-corrected chi connectivity index (χ2v) is 6.42. The first-order chi connectivity index (χ1) is 13.1. The molecule has 0 radical (unpaired) electrons. The molecule has 0 aromatic heterocycles. The van der Waals surface area contributed by atoms with E-state index in [2.05, 4.69) is 35.9 Å². The van der Waals surface area contributed by atoms with Crippen LogP contribution >= 0.6 is 0 Å². The van der Waals surface area contributed by atoms with Crippen molar-refractivity contribution >= 4 is 23.6 Å². The van der Waals surface area contributed by atoms with Gasteiger partial charge in [0.25, 0.3) is 0 Å². The lowest BCUT2D eigenvalue weighted by molar-refractivity contribution is -0.129. The van der Waals surface area contributed by atoms with E-state index in [0.717, 1.165) is 31.5 Å². The van der Waals surface area contributed by atoms with Crippen LogP contribution in [0.5, 0.6) is 0 Å². The number of nitrogens with zero attached hydrogens (tertiary/aromatic N) is 2. The monoisotopic (exact) mass is 366 g/mol. The smallest absolute Gasteiger partial charge is 0.363 e. The fourth-order valence-electron chi connectivity index (χ4n) is 2.97. The van der Waals surface area contributed by atoms with E-state index in [0.29, 0.717) is 5.56 Å². The second-order valence-electron chi connectivity index (χ2n) is 6.42. The van der Waals surface area contributed by atoms with Gasteiger partial charge in [0.15, 0.2) is 5.70 Å². The van der Waals surface area contributed by atoms with Gasteiger partial charge in [0.05, 0.1) is 0 Å². The number of rotatable bonds is 7. The van der Waals surface area contributed by atoms with Crippen LogP contribution in [0.4, 0.5) is 10.1 Å². The molecule has 4 nitrogen and oxygen atoms in total. The predicted octanol–water partition coefficient (Wildman–Crippen LogP) is 4.80. The topological polar surface area (TPSA) is 41.9 Å². The maximum absolute atomic E-state index is 13.0. The molecule has 0 fully saturated rings. The van der Waals surface area contributed by atoms with E-state index >= 15 is 0 Å². The Morgan fingerprint density at radius 1 is 1.00 bits per heavy atom. The minimum Gasteiger partial charge on any atom is -0.402 e. The van der Waals surface area contributed by atoms with Crippen molar-refractivity contribution in [2.75, 3.05) is 18.0 Å². The van der Waals surface area contributed by atoms with Crippen molar-refractivity contribution in [3.05, 3.63) is 71.2 Å². The molecule has 1 aliphatic rings. The lowest BCUT2D eigenvalue weighted by Crippen LogP contribution is -2.24. The van der Waals surface area contributed by atoms with E-state index in [-0.39, 0.29) is 17.4 Å². The van der Waals surface area contributed by atoms with Crippen molar-refractivity contribution in [1.29, 1.82) is 0 Å². The van der Waals surface area contributed by atoms with Crippen molar-refractivity contribution in [2.45, 2.75) is 26.7 Å². The molecule has 0 saturated heterocycles. The Labute approximate surface area is 159 Å². The summed E-state index contributed by atoms with van der Waals surface area (Å²) in [7, 11) is 0. The van der Waals surface area contributed by atoms with Crippen LogP contribution in [0.25, 0.3) is 6.08 Å². The number of ether oxygens (including phenoxy) is 1. The Bertz CT molecular complexity index is 849. The highest BCUT2D eigenvalue weighted by atomic mass is 19.1. The molecule has 1 aliphatic heterocycles. The van der Waals surface area contributed by atoms with Gasteiger partial charge in [0.1, 0.15) is 5.82 Å². The Balaban J connectivity index is 1.79. The predicted molar refractivity (Wildman–Crippen MR) is 106 cm³/mol. The van der Waals surface area contributed by atoms with Gasteiger partial charge in [-0.1, -0.05) is 26.0 Å². The molecular weight excluding hydrogens is 343 g/mol. The first-order valence-electron chi connectivity index (χ1n) is 9.24. The number of aliphatic imine (C=N–C) groups is 1. The van der Waals surface area contributed by atoms with E-state index in [1.807, 2.05) is 12.1 Å². The number of anilines is 1. The molecule has 2 aromatic carbocycles. The molecule has 0 saturated carbocycles. The van der Waals surface area contributed by atoms with Crippen LogP contribution in [0.2, 0.25) is 0 Å². The Morgan fingerprint density at radius 3 is 2.22 bits per heavy atom. The molecule has 0 bridgehead atoms. The highest BCUT2D eigenvalue weighted by Gasteiger charge is 2.24. The molecule has 140 valence electrons. The lowest BCUT2D eigenvalue weighted by atomic mass is 10.1. The summed E-state index contributed by atoms with van der Waals surface area (Å²) in [5.74, 6) is -0.656. The average molecular weight is 366 g/mol.